The highest BCUT2D eigenvalue weighted by Crippen LogP contribution is 2.52. The normalized spacial score (nSPS) is 15.3. The lowest BCUT2D eigenvalue weighted by Crippen LogP contribution is -2.11. The van der Waals surface area contributed by atoms with Gasteiger partial charge in [0.2, 0.25) is 0 Å². The van der Waals surface area contributed by atoms with Crippen molar-refractivity contribution in [1.82, 2.24) is 0 Å². The molecule has 2 unspecified atom stereocenters. The highest BCUT2D eigenvalue weighted by Gasteiger charge is 2.33. The molecule has 20 heavy (non-hydrogen) atoms. The van der Waals surface area contributed by atoms with Crippen LogP contribution in [0.3, 0.4) is 0 Å². The molecule has 0 spiro atoms. The van der Waals surface area contributed by atoms with Crippen molar-refractivity contribution in [1.29, 1.82) is 0 Å². The Morgan fingerprint density at radius 3 is 2.35 bits per heavy atom. The molecule has 0 bridgehead atoms. The van der Waals surface area contributed by atoms with Crippen LogP contribution in [0.25, 0.3) is 0 Å². The molecule has 104 valence electrons. The number of nitro groups is 1. The summed E-state index contributed by atoms with van der Waals surface area (Å²) in [6.07, 6.45) is 0. The van der Waals surface area contributed by atoms with E-state index in [1.165, 1.54) is 30.3 Å². The van der Waals surface area contributed by atoms with Crippen molar-refractivity contribution in [2.45, 2.75) is 5.85 Å². The van der Waals surface area contributed by atoms with Gasteiger partial charge in [-0.05, 0) is 17.7 Å². The number of hydrogen-bond acceptors (Lipinski definition) is 4. The molecule has 2 atom stereocenters. The smallest absolute Gasteiger partial charge is 0.269 e. The van der Waals surface area contributed by atoms with Crippen molar-refractivity contribution in [3.8, 4) is 0 Å². The third kappa shape index (κ3) is 2.77. The second-order valence-corrected chi connectivity index (χ2v) is 6.44. The second-order valence-electron chi connectivity index (χ2n) is 4.18. The first-order valence-electron chi connectivity index (χ1n) is 5.73. The average molecular weight is 293 g/mol. The first-order valence-corrected chi connectivity index (χ1v) is 7.46. The lowest BCUT2D eigenvalue weighted by molar-refractivity contribution is -0.384. The quantitative estimate of drug-likeness (QED) is 0.511. The third-order valence-electron chi connectivity index (χ3n) is 2.84. The van der Waals surface area contributed by atoms with E-state index in [2.05, 4.69) is 0 Å². The zero-order valence-corrected chi connectivity index (χ0v) is 11.2. The average Bonchev–Trinajstić information content (AvgIpc) is 2.47. The van der Waals surface area contributed by atoms with Crippen LogP contribution in [-0.2, 0) is 4.57 Å². The molecule has 0 aliphatic carbocycles. The summed E-state index contributed by atoms with van der Waals surface area (Å²) in [6.45, 7) is 0. The fraction of sp³-hybridized carbons (Fsp3) is 0.0769. The Kier molecular flexibility index (Phi) is 3.99. The fourth-order valence-corrected chi connectivity index (χ4v) is 3.23. The van der Waals surface area contributed by atoms with Gasteiger partial charge in [-0.15, -0.1) is 0 Å². The van der Waals surface area contributed by atoms with Gasteiger partial charge in [-0.1, -0.05) is 30.3 Å². The van der Waals surface area contributed by atoms with E-state index in [0.29, 0.717) is 0 Å². The Balaban J connectivity index is 2.40. The lowest BCUT2D eigenvalue weighted by Gasteiger charge is -2.18. The number of rotatable bonds is 4. The Labute approximate surface area is 114 Å². The molecule has 2 N–H and O–H groups in total. The van der Waals surface area contributed by atoms with E-state index in [0.717, 1.165) is 6.07 Å². The number of hydrogen-bond donors (Lipinski definition) is 2. The summed E-state index contributed by atoms with van der Waals surface area (Å²) >= 11 is 0. The first-order chi connectivity index (χ1) is 9.43. The third-order valence-corrected chi connectivity index (χ3v) is 4.84. The SMILES string of the molecule is O=[N+]([O-])c1cccc(C(O)P(=O)(O)c2ccccc2)c1. The van der Waals surface area contributed by atoms with E-state index in [1.54, 1.807) is 18.2 Å². The number of nitrogens with zero attached hydrogens (tertiary/aromatic N) is 1. The first kappa shape index (κ1) is 14.4. The second kappa shape index (κ2) is 5.54. The summed E-state index contributed by atoms with van der Waals surface area (Å²) in [6, 6.07) is 12.8. The Morgan fingerprint density at radius 2 is 1.75 bits per heavy atom. The van der Waals surface area contributed by atoms with Crippen molar-refractivity contribution in [2.24, 2.45) is 0 Å². The van der Waals surface area contributed by atoms with Crippen molar-refractivity contribution in [3.63, 3.8) is 0 Å². The zero-order valence-electron chi connectivity index (χ0n) is 10.3. The van der Waals surface area contributed by atoms with Gasteiger partial charge in [0, 0.05) is 17.4 Å². The van der Waals surface area contributed by atoms with Gasteiger partial charge in [0.1, 0.15) is 0 Å². The molecule has 0 heterocycles. The molecule has 7 heteroatoms. The maximum atomic E-state index is 12.3. The minimum atomic E-state index is -4.07. The number of benzene rings is 2. The van der Waals surface area contributed by atoms with Crippen LogP contribution in [-0.4, -0.2) is 14.9 Å². The molecular formula is C13H12NO5P. The van der Waals surface area contributed by atoms with E-state index in [-0.39, 0.29) is 16.6 Å². The highest BCUT2D eigenvalue weighted by molar-refractivity contribution is 7.66. The van der Waals surface area contributed by atoms with E-state index in [9.17, 15) is 24.7 Å². The molecule has 0 amide bonds. The van der Waals surface area contributed by atoms with Gasteiger partial charge in [-0.2, -0.15) is 0 Å². The molecule has 6 nitrogen and oxygen atoms in total. The molecule has 0 fully saturated rings. The number of nitro benzene ring substituents is 1. The van der Waals surface area contributed by atoms with Gasteiger partial charge in [-0.3, -0.25) is 14.7 Å². The molecule has 2 aromatic rings. The van der Waals surface area contributed by atoms with E-state index >= 15 is 0 Å². The zero-order chi connectivity index (χ0) is 14.8. The molecule has 0 saturated carbocycles. The summed E-state index contributed by atoms with van der Waals surface area (Å²) in [5.74, 6) is -1.70. The summed E-state index contributed by atoms with van der Waals surface area (Å²) in [5, 5.41) is 20.9. The van der Waals surface area contributed by atoms with Crippen molar-refractivity contribution in [2.75, 3.05) is 0 Å². The van der Waals surface area contributed by atoms with Crippen molar-refractivity contribution in [3.05, 3.63) is 70.3 Å². The van der Waals surface area contributed by atoms with Gasteiger partial charge in [0.05, 0.1) is 4.92 Å². The molecule has 0 saturated heterocycles. The highest BCUT2D eigenvalue weighted by atomic mass is 31.2. The van der Waals surface area contributed by atoms with E-state index in [4.69, 9.17) is 0 Å². The maximum absolute atomic E-state index is 12.3. The Bertz CT molecular complexity index is 673. The van der Waals surface area contributed by atoms with Crippen LogP contribution in [0, 0.1) is 10.1 Å². The molecule has 0 aromatic heterocycles. The van der Waals surface area contributed by atoms with Crippen LogP contribution in [0.5, 0.6) is 0 Å². The van der Waals surface area contributed by atoms with Crippen LogP contribution in [0.4, 0.5) is 5.69 Å². The lowest BCUT2D eigenvalue weighted by atomic mass is 10.2. The van der Waals surface area contributed by atoms with Crippen LogP contribution >= 0.6 is 7.37 Å². The molecule has 0 radical (unpaired) electrons. The van der Waals surface area contributed by atoms with Gasteiger partial charge >= 0.3 is 0 Å². The van der Waals surface area contributed by atoms with Crippen molar-refractivity contribution >= 4 is 18.4 Å². The predicted molar refractivity (Wildman–Crippen MR) is 74.0 cm³/mol. The molecule has 2 aromatic carbocycles. The molecular weight excluding hydrogens is 281 g/mol. The van der Waals surface area contributed by atoms with Gasteiger partial charge in [0.15, 0.2) is 5.85 Å². The summed E-state index contributed by atoms with van der Waals surface area (Å²) in [7, 11) is -4.07. The predicted octanol–water partition coefficient (Wildman–Crippen LogP) is 2.18. The molecule has 2 rings (SSSR count). The van der Waals surface area contributed by atoms with Crippen LogP contribution < -0.4 is 5.30 Å². The molecule has 0 aliphatic rings. The van der Waals surface area contributed by atoms with E-state index in [1.807, 2.05) is 0 Å². The van der Waals surface area contributed by atoms with Crippen LogP contribution in [0.1, 0.15) is 11.4 Å². The van der Waals surface area contributed by atoms with Crippen molar-refractivity contribution < 1.29 is 19.5 Å². The Hall–Kier alpha value is -2.01. The van der Waals surface area contributed by atoms with Crippen LogP contribution in [0.15, 0.2) is 54.6 Å². The largest absolute Gasteiger partial charge is 0.378 e. The summed E-state index contributed by atoms with van der Waals surface area (Å²) < 4.78 is 12.3. The molecule has 0 aliphatic heterocycles. The summed E-state index contributed by atoms with van der Waals surface area (Å²) in [4.78, 5) is 20.1. The van der Waals surface area contributed by atoms with Gasteiger partial charge in [0.25, 0.3) is 13.1 Å². The van der Waals surface area contributed by atoms with Gasteiger partial charge < -0.3 is 10.00 Å². The monoisotopic (exact) mass is 293 g/mol. The number of aliphatic hydroxyl groups excluding tert-OH is 1. The van der Waals surface area contributed by atoms with E-state index < -0.39 is 18.1 Å². The van der Waals surface area contributed by atoms with Gasteiger partial charge in [-0.25, -0.2) is 0 Å². The minimum absolute atomic E-state index is 0.0360. The Morgan fingerprint density at radius 1 is 1.10 bits per heavy atom. The summed E-state index contributed by atoms with van der Waals surface area (Å²) in [5.41, 5.74) is -0.205. The standard InChI is InChI=1S/C13H12NO5P/c15-13(10-5-4-6-11(9-10)14(16)17)20(18,19)12-7-2-1-3-8-12/h1-9,13,15H,(H,18,19). The maximum Gasteiger partial charge on any atom is 0.269 e. The minimum Gasteiger partial charge on any atom is -0.378 e. The fourth-order valence-electron chi connectivity index (χ4n) is 1.78. The van der Waals surface area contributed by atoms with Crippen LogP contribution in [0.2, 0.25) is 0 Å². The topological polar surface area (TPSA) is 101 Å². The number of non-ortho nitro benzene ring substituents is 1. The number of aliphatic hydroxyl groups is 1.